The Kier molecular flexibility index (Phi) is 4.40. The summed E-state index contributed by atoms with van der Waals surface area (Å²) in [5.74, 6) is 0.203. The molecule has 3 nitrogen and oxygen atoms in total. The molecule has 0 spiro atoms. The van der Waals surface area contributed by atoms with Gasteiger partial charge in [0.15, 0.2) is 0 Å². The molecule has 0 aliphatic heterocycles. The van der Waals surface area contributed by atoms with Crippen molar-refractivity contribution in [2.24, 2.45) is 0 Å². The van der Waals surface area contributed by atoms with Gasteiger partial charge in [-0.25, -0.2) is 0 Å². The highest BCUT2D eigenvalue weighted by Gasteiger charge is 2.13. The summed E-state index contributed by atoms with van der Waals surface area (Å²) in [6.45, 7) is 0. The molecule has 2 rings (SSSR count). The lowest BCUT2D eigenvalue weighted by atomic mass is 9.95. The van der Waals surface area contributed by atoms with Crippen molar-refractivity contribution in [3.8, 4) is 5.75 Å². The molecule has 1 fully saturated rings. The number of carbonyl (C=O) groups excluding carboxylic acids is 1. The van der Waals surface area contributed by atoms with E-state index in [0.717, 1.165) is 18.4 Å². The minimum Gasteiger partial charge on any atom is -0.508 e. The Morgan fingerprint density at radius 2 is 1.83 bits per heavy atom. The van der Waals surface area contributed by atoms with E-state index in [0.29, 0.717) is 6.04 Å². The first-order chi connectivity index (χ1) is 8.74. The molecule has 1 amide bonds. The van der Waals surface area contributed by atoms with E-state index in [1.807, 2.05) is 0 Å². The van der Waals surface area contributed by atoms with E-state index in [-0.39, 0.29) is 11.7 Å². The van der Waals surface area contributed by atoms with E-state index in [1.54, 1.807) is 36.4 Å². The highest BCUT2D eigenvalue weighted by Crippen LogP contribution is 2.17. The van der Waals surface area contributed by atoms with Crippen molar-refractivity contribution in [1.82, 2.24) is 5.32 Å². The molecule has 2 N–H and O–H groups in total. The van der Waals surface area contributed by atoms with E-state index < -0.39 is 0 Å². The van der Waals surface area contributed by atoms with Crippen LogP contribution in [0.4, 0.5) is 0 Å². The van der Waals surface area contributed by atoms with Gasteiger partial charge >= 0.3 is 0 Å². The van der Waals surface area contributed by atoms with Gasteiger partial charge < -0.3 is 10.4 Å². The number of aromatic hydroxyl groups is 1. The SMILES string of the molecule is O=C(/C=C/c1ccc(O)cc1)NC1CCCCC1. The Bertz CT molecular complexity index is 417. The van der Waals surface area contributed by atoms with E-state index in [2.05, 4.69) is 5.32 Å². The number of amides is 1. The van der Waals surface area contributed by atoms with Gasteiger partial charge in [0.1, 0.15) is 5.75 Å². The van der Waals surface area contributed by atoms with Crippen molar-refractivity contribution in [2.45, 2.75) is 38.1 Å². The number of rotatable bonds is 3. The van der Waals surface area contributed by atoms with Crippen LogP contribution in [0.3, 0.4) is 0 Å². The zero-order valence-electron chi connectivity index (χ0n) is 10.4. The first-order valence-corrected chi connectivity index (χ1v) is 6.51. The highest BCUT2D eigenvalue weighted by atomic mass is 16.3. The molecule has 0 atom stereocenters. The molecule has 0 aromatic heterocycles. The minimum absolute atomic E-state index is 0.0324. The number of phenols is 1. The Morgan fingerprint density at radius 3 is 2.50 bits per heavy atom. The summed E-state index contributed by atoms with van der Waals surface area (Å²) in [6, 6.07) is 7.12. The zero-order chi connectivity index (χ0) is 12.8. The monoisotopic (exact) mass is 245 g/mol. The van der Waals surface area contributed by atoms with Gasteiger partial charge in [-0.1, -0.05) is 31.4 Å². The summed E-state index contributed by atoms with van der Waals surface area (Å²) in [6.07, 6.45) is 9.23. The van der Waals surface area contributed by atoms with E-state index in [9.17, 15) is 4.79 Å². The molecular formula is C15H19NO2. The van der Waals surface area contributed by atoms with Crippen molar-refractivity contribution < 1.29 is 9.90 Å². The van der Waals surface area contributed by atoms with Gasteiger partial charge in [-0.05, 0) is 36.6 Å². The smallest absolute Gasteiger partial charge is 0.244 e. The van der Waals surface area contributed by atoms with Gasteiger partial charge in [0, 0.05) is 12.1 Å². The summed E-state index contributed by atoms with van der Waals surface area (Å²) in [5, 5.41) is 12.2. The largest absolute Gasteiger partial charge is 0.508 e. The van der Waals surface area contributed by atoms with Crippen LogP contribution in [0.15, 0.2) is 30.3 Å². The molecule has 0 saturated heterocycles. The lowest BCUT2D eigenvalue weighted by Crippen LogP contribution is -2.34. The van der Waals surface area contributed by atoms with Gasteiger partial charge in [-0.2, -0.15) is 0 Å². The number of hydrogen-bond acceptors (Lipinski definition) is 2. The van der Waals surface area contributed by atoms with Crippen LogP contribution in [0, 0.1) is 0 Å². The summed E-state index contributed by atoms with van der Waals surface area (Å²) in [7, 11) is 0. The summed E-state index contributed by atoms with van der Waals surface area (Å²) in [4.78, 5) is 11.7. The van der Waals surface area contributed by atoms with Crippen LogP contribution >= 0.6 is 0 Å². The fraction of sp³-hybridized carbons (Fsp3) is 0.400. The molecule has 18 heavy (non-hydrogen) atoms. The van der Waals surface area contributed by atoms with Crippen molar-refractivity contribution >= 4 is 12.0 Å². The Hall–Kier alpha value is -1.77. The average molecular weight is 245 g/mol. The number of hydrogen-bond donors (Lipinski definition) is 2. The van der Waals surface area contributed by atoms with Crippen LogP contribution in [-0.4, -0.2) is 17.1 Å². The molecule has 0 radical (unpaired) electrons. The third-order valence-corrected chi connectivity index (χ3v) is 3.27. The van der Waals surface area contributed by atoms with Gasteiger partial charge in [0.25, 0.3) is 0 Å². The van der Waals surface area contributed by atoms with Crippen LogP contribution in [-0.2, 0) is 4.79 Å². The number of benzene rings is 1. The fourth-order valence-corrected chi connectivity index (χ4v) is 2.25. The molecule has 0 unspecified atom stereocenters. The van der Waals surface area contributed by atoms with Crippen molar-refractivity contribution in [2.75, 3.05) is 0 Å². The van der Waals surface area contributed by atoms with Crippen LogP contribution in [0.25, 0.3) is 6.08 Å². The Labute approximate surface area is 108 Å². The first-order valence-electron chi connectivity index (χ1n) is 6.51. The molecule has 1 saturated carbocycles. The molecule has 1 aromatic rings. The maximum atomic E-state index is 11.7. The fourth-order valence-electron chi connectivity index (χ4n) is 2.25. The van der Waals surface area contributed by atoms with Crippen LogP contribution < -0.4 is 5.32 Å². The van der Waals surface area contributed by atoms with E-state index >= 15 is 0 Å². The predicted octanol–water partition coefficient (Wildman–Crippen LogP) is 2.85. The second-order valence-electron chi connectivity index (χ2n) is 4.77. The average Bonchev–Trinajstić information content (AvgIpc) is 2.39. The molecule has 0 bridgehead atoms. The lowest BCUT2D eigenvalue weighted by Gasteiger charge is -2.21. The van der Waals surface area contributed by atoms with E-state index in [1.165, 1.54) is 19.3 Å². The molecule has 96 valence electrons. The second kappa shape index (κ2) is 6.24. The molecular weight excluding hydrogens is 226 g/mol. The number of nitrogens with one attached hydrogen (secondary N) is 1. The molecule has 3 heteroatoms. The quantitative estimate of drug-likeness (QED) is 0.804. The third-order valence-electron chi connectivity index (χ3n) is 3.27. The third kappa shape index (κ3) is 3.91. The van der Waals surface area contributed by atoms with E-state index in [4.69, 9.17) is 5.11 Å². The standard InChI is InChI=1S/C15H19NO2/c17-14-9-6-12(7-10-14)8-11-15(18)16-13-4-2-1-3-5-13/h6-11,13,17H,1-5H2,(H,16,18)/b11-8+. The molecule has 0 heterocycles. The molecule has 1 aliphatic rings. The van der Waals surface area contributed by atoms with Crippen LogP contribution in [0.5, 0.6) is 5.75 Å². The Balaban J connectivity index is 1.84. The highest BCUT2D eigenvalue weighted by molar-refractivity contribution is 5.91. The summed E-state index contributed by atoms with van der Waals surface area (Å²) < 4.78 is 0. The number of phenolic OH excluding ortho intramolecular Hbond substituents is 1. The van der Waals surface area contributed by atoms with Gasteiger partial charge in [-0.15, -0.1) is 0 Å². The minimum atomic E-state index is -0.0324. The topological polar surface area (TPSA) is 49.3 Å². The summed E-state index contributed by atoms with van der Waals surface area (Å²) in [5.41, 5.74) is 0.909. The van der Waals surface area contributed by atoms with Gasteiger partial charge in [0.05, 0.1) is 0 Å². The lowest BCUT2D eigenvalue weighted by molar-refractivity contribution is -0.117. The summed E-state index contributed by atoms with van der Waals surface area (Å²) >= 11 is 0. The van der Waals surface area contributed by atoms with Gasteiger partial charge in [-0.3, -0.25) is 4.79 Å². The first kappa shape index (κ1) is 12.7. The van der Waals surface area contributed by atoms with Crippen molar-refractivity contribution in [3.05, 3.63) is 35.9 Å². The molecule has 1 aliphatic carbocycles. The molecule has 1 aromatic carbocycles. The number of carbonyl (C=O) groups is 1. The van der Waals surface area contributed by atoms with Crippen molar-refractivity contribution in [1.29, 1.82) is 0 Å². The second-order valence-corrected chi connectivity index (χ2v) is 4.77. The predicted molar refractivity (Wildman–Crippen MR) is 72.2 cm³/mol. The van der Waals surface area contributed by atoms with Crippen LogP contribution in [0.2, 0.25) is 0 Å². The Morgan fingerprint density at radius 1 is 1.17 bits per heavy atom. The van der Waals surface area contributed by atoms with Crippen molar-refractivity contribution in [3.63, 3.8) is 0 Å². The zero-order valence-corrected chi connectivity index (χ0v) is 10.4. The van der Waals surface area contributed by atoms with Gasteiger partial charge in [0.2, 0.25) is 5.91 Å². The normalized spacial score (nSPS) is 16.9. The van der Waals surface area contributed by atoms with Crippen LogP contribution in [0.1, 0.15) is 37.7 Å². The maximum Gasteiger partial charge on any atom is 0.244 e. The maximum absolute atomic E-state index is 11.7.